The van der Waals surface area contributed by atoms with Crippen LogP contribution in [-0.2, 0) is 13.1 Å². The Morgan fingerprint density at radius 1 is 1.17 bits per heavy atom. The Kier molecular flexibility index (Phi) is 3.98. The van der Waals surface area contributed by atoms with Crippen LogP contribution in [0.15, 0.2) is 43.0 Å². The average molecular weight is 242 g/mol. The zero-order valence-corrected chi connectivity index (χ0v) is 9.84. The van der Waals surface area contributed by atoms with Gasteiger partial charge in [0.05, 0.1) is 5.56 Å². The topological polar surface area (TPSA) is 80.9 Å². The van der Waals surface area contributed by atoms with Crippen LogP contribution in [0.4, 0.5) is 0 Å². The molecule has 0 saturated carbocycles. The van der Waals surface area contributed by atoms with Crippen LogP contribution in [0.2, 0.25) is 0 Å². The summed E-state index contributed by atoms with van der Waals surface area (Å²) in [4.78, 5) is 19.4. The van der Waals surface area contributed by atoms with Gasteiger partial charge in [-0.3, -0.25) is 4.79 Å². The maximum absolute atomic E-state index is 11.8. The van der Waals surface area contributed by atoms with Gasteiger partial charge >= 0.3 is 0 Å². The molecule has 0 bridgehead atoms. The molecule has 92 valence electrons. The molecule has 1 aromatic heterocycles. The lowest BCUT2D eigenvalue weighted by Gasteiger charge is -2.08. The predicted octanol–water partition coefficient (Wildman–Crippen LogP) is 0.865. The second-order valence-electron chi connectivity index (χ2n) is 3.78. The van der Waals surface area contributed by atoms with Crippen molar-refractivity contribution in [3.05, 3.63) is 59.7 Å². The fourth-order valence-electron chi connectivity index (χ4n) is 1.62. The number of nitrogens with two attached hydrogens (primary N) is 1. The van der Waals surface area contributed by atoms with Gasteiger partial charge in [0.2, 0.25) is 0 Å². The summed E-state index contributed by atoms with van der Waals surface area (Å²) in [5.41, 5.74) is 8.13. The van der Waals surface area contributed by atoms with Crippen LogP contribution >= 0.6 is 0 Å². The van der Waals surface area contributed by atoms with E-state index in [0.717, 1.165) is 11.1 Å². The first-order valence-electron chi connectivity index (χ1n) is 5.61. The van der Waals surface area contributed by atoms with Gasteiger partial charge in [-0.25, -0.2) is 9.97 Å². The third kappa shape index (κ3) is 2.89. The van der Waals surface area contributed by atoms with Gasteiger partial charge in [-0.2, -0.15) is 0 Å². The third-order valence-electron chi connectivity index (χ3n) is 2.60. The predicted molar refractivity (Wildman–Crippen MR) is 67.5 cm³/mol. The van der Waals surface area contributed by atoms with Crippen LogP contribution in [-0.4, -0.2) is 15.9 Å². The normalized spacial score (nSPS) is 10.1. The fraction of sp³-hybridized carbons (Fsp3) is 0.154. The third-order valence-corrected chi connectivity index (χ3v) is 2.60. The zero-order valence-electron chi connectivity index (χ0n) is 9.84. The van der Waals surface area contributed by atoms with Crippen LogP contribution in [0.5, 0.6) is 0 Å². The SMILES string of the molecule is NCc1ccccc1CNC(=O)c1cncnc1. The molecular weight excluding hydrogens is 228 g/mol. The number of hydrogen-bond donors (Lipinski definition) is 2. The largest absolute Gasteiger partial charge is 0.348 e. The van der Waals surface area contributed by atoms with E-state index in [1.165, 1.54) is 18.7 Å². The molecule has 0 aliphatic rings. The highest BCUT2D eigenvalue weighted by Crippen LogP contribution is 2.07. The van der Waals surface area contributed by atoms with Crippen LogP contribution < -0.4 is 11.1 Å². The van der Waals surface area contributed by atoms with Crippen molar-refractivity contribution >= 4 is 5.91 Å². The van der Waals surface area contributed by atoms with Crippen LogP contribution in [0.1, 0.15) is 21.5 Å². The lowest BCUT2D eigenvalue weighted by atomic mass is 10.1. The van der Waals surface area contributed by atoms with E-state index in [9.17, 15) is 4.79 Å². The highest BCUT2D eigenvalue weighted by Gasteiger charge is 2.06. The number of amides is 1. The van der Waals surface area contributed by atoms with Gasteiger partial charge < -0.3 is 11.1 Å². The van der Waals surface area contributed by atoms with Crippen LogP contribution in [0, 0.1) is 0 Å². The number of carbonyl (C=O) groups excluding carboxylic acids is 1. The Bertz CT molecular complexity index is 528. The molecule has 1 aromatic carbocycles. The Hall–Kier alpha value is -2.27. The van der Waals surface area contributed by atoms with Gasteiger partial charge in [-0.15, -0.1) is 0 Å². The Morgan fingerprint density at radius 2 is 1.83 bits per heavy atom. The summed E-state index contributed by atoms with van der Waals surface area (Å²) in [6.45, 7) is 0.904. The minimum atomic E-state index is -0.192. The molecule has 0 radical (unpaired) electrons. The maximum Gasteiger partial charge on any atom is 0.254 e. The monoisotopic (exact) mass is 242 g/mol. The first-order chi connectivity index (χ1) is 8.81. The molecular formula is C13H14N4O. The fourth-order valence-corrected chi connectivity index (χ4v) is 1.62. The van der Waals surface area contributed by atoms with E-state index in [2.05, 4.69) is 15.3 Å². The van der Waals surface area contributed by atoms with Gasteiger partial charge in [0.1, 0.15) is 6.33 Å². The zero-order chi connectivity index (χ0) is 12.8. The van der Waals surface area contributed by atoms with E-state index in [1.54, 1.807) is 0 Å². The van der Waals surface area contributed by atoms with E-state index < -0.39 is 0 Å². The number of nitrogens with one attached hydrogen (secondary N) is 1. The van der Waals surface area contributed by atoms with Crippen molar-refractivity contribution in [3.8, 4) is 0 Å². The van der Waals surface area contributed by atoms with E-state index in [1.807, 2.05) is 24.3 Å². The highest BCUT2D eigenvalue weighted by atomic mass is 16.1. The van der Waals surface area contributed by atoms with Crippen molar-refractivity contribution in [2.75, 3.05) is 0 Å². The minimum Gasteiger partial charge on any atom is -0.348 e. The number of nitrogens with zero attached hydrogens (tertiary/aromatic N) is 2. The summed E-state index contributed by atoms with van der Waals surface area (Å²) in [5, 5.41) is 2.82. The number of hydrogen-bond acceptors (Lipinski definition) is 4. The molecule has 0 aliphatic heterocycles. The van der Waals surface area contributed by atoms with E-state index in [0.29, 0.717) is 18.7 Å². The lowest BCUT2D eigenvalue weighted by Crippen LogP contribution is -2.24. The number of benzene rings is 1. The lowest BCUT2D eigenvalue weighted by molar-refractivity contribution is 0.0950. The maximum atomic E-state index is 11.8. The van der Waals surface area contributed by atoms with Gasteiger partial charge in [-0.05, 0) is 11.1 Å². The van der Waals surface area contributed by atoms with Crippen molar-refractivity contribution in [1.82, 2.24) is 15.3 Å². The van der Waals surface area contributed by atoms with Crippen LogP contribution in [0.25, 0.3) is 0 Å². The molecule has 0 spiro atoms. The molecule has 5 heteroatoms. The molecule has 5 nitrogen and oxygen atoms in total. The minimum absolute atomic E-state index is 0.192. The Morgan fingerprint density at radius 3 is 2.50 bits per heavy atom. The first-order valence-corrected chi connectivity index (χ1v) is 5.61. The molecule has 0 saturated heterocycles. The van der Waals surface area contributed by atoms with E-state index in [-0.39, 0.29) is 5.91 Å². The second-order valence-corrected chi connectivity index (χ2v) is 3.78. The van der Waals surface area contributed by atoms with Crippen molar-refractivity contribution in [1.29, 1.82) is 0 Å². The van der Waals surface area contributed by atoms with Crippen molar-refractivity contribution in [2.24, 2.45) is 5.73 Å². The molecule has 0 fully saturated rings. The van der Waals surface area contributed by atoms with Crippen molar-refractivity contribution in [2.45, 2.75) is 13.1 Å². The first kappa shape index (κ1) is 12.2. The quantitative estimate of drug-likeness (QED) is 0.833. The molecule has 2 aromatic rings. The van der Waals surface area contributed by atoms with Gasteiger partial charge in [0.25, 0.3) is 5.91 Å². The highest BCUT2D eigenvalue weighted by molar-refractivity contribution is 5.93. The standard InChI is InChI=1S/C13H14N4O/c14-5-10-3-1-2-4-11(10)8-17-13(18)12-6-15-9-16-7-12/h1-4,6-7,9H,5,8,14H2,(H,17,18). The molecule has 18 heavy (non-hydrogen) atoms. The molecule has 0 atom stereocenters. The van der Waals surface area contributed by atoms with E-state index >= 15 is 0 Å². The summed E-state index contributed by atoms with van der Waals surface area (Å²) in [5.74, 6) is -0.192. The van der Waals surface area contributed by atoms with Gasteiger partial charge in [0, 0.05) is 25.5 Å². The molecule has 1 heterocycles. The van der Waals surface area contributed by atoms with Crippen molar-refractivity contribution in [3.63, 3.8) is 0 Å². The van der Waals surface area contributed by atoms with Crippen molar-refractivity contribution < 1.29 is 4.79 Å². The molecule has 2 rings (SSSR count). The number of carbonyl (C=O) groups is 1. The van der Waals surface area contributed by atoms with E-state index in [4.69, 9.17) is 5.73 Å². The summed E-state index contributed by atoms with van der Waals surface area (Å²) in [6.07, 6.45) is 4.36. The summed E-state index contributed by atoms with van der Waals surface area (Å²) < 4.78 is 0. The molecule has 0 aliphatic carbocycles. The summed E-state index contributed by atoms with van der Waals surface area (Å²) >= 11 is 0. The average Bonchev–Trinajstić information content (AvgIpc) is 2.46. The van der Waals surface area contributed by atoms with Gasteiger partial charge in [-0.1, -0.05) is 24.3 Å². The Labute approximate surface area is 105 Å². The van der Waals surface area contributed by atoms with Gasteiger partial charge in [0.15, 0.2) is 0 Å². The second kappa shape index (κ2) is 5.88. The summed E-state index contributed by atoms with van der Waals surface area (Å²) in [7, 11) is 0. The molecule has 3 N–H and O–H groups in total. The number of rotatable bonds is 4. The Balaban J connectivity index is 2.02. The summed E-state index contributed by atoms with van der Waals surface area (Å²) in [6, 6.07) is 7.75. The molecule has 1 amide bonds. The van der Waals surface area contributed by atoms with Crippen LogP contribution in [0.3, 0.4) is 0 Å². The smallest absolute Gasteiger partial charge is 0.254 e. The molecule has 0 unspecified atom stereocenters. The number of aromatic nitrogens is 2.